The van der Waals surface area contributed by atoms with Crippen LogP contribution in [-0.2, 0) is 18.9 Å². The molecule has 1 unspecified atom stereocenters. The van der Waals surface area contributed by atoms with E-state index >= 15 is 0 Å². The van der Waals surface area contributed by atoms with Crippen LogP contribution in [0.25, 0.3) is 0 Å². The third kappa shape index (κ3) is 5.61. The van der Waals surface area contributed by atoms with Gasteiger partial charge in [0.25, 0.3) is 0 Å². The number of aromatic hydroxyl groups is 1. The zero-order chi connectivity index (χ0) is 25.2. The van der Waals surface area contributed by atoms with Crippen LogP contribution in [0.15, 0.2) is 18.2 Å². The van der Waals surface area contributed by atoms with Crippen molar-refractivity contribution in [1.82, 2.24) is 0 Å². The average Bonchev–Trinajstić information content (AvgIpc) is 2.83. The van der Waals surface area contributed by atoms with E-state index in [4.69, 9.17) is 23.7 Å². The van der Waals surface area contributed by atoms with Gasteiger partial charge in [-0.2, -0.15) is 0 Å². The van der Waals surface area contributed by atoms with Crippen LogP contribution in [0.3, 0.4) is 0 Å². The van der Waals surface area contributed by atoms with Crippen LogP contribution in [0.5, 0.6) is 11.5 Å². The molecule has 8 N–H and O–H groups in total. The van der Waals surface area contributed by atoms with Crippen LogP contribution < -0.4 is 4.74 Å². The van der Waals surface area contributed by atoms with E-state index in [-0.39, 0.29) is 24.0 Å². The summed E-state index contributed by atoms with van der Waals surface area (Å²) in [5, 5.41) is 79.8. The number of hydrogen-bond donors (Lipinski definition) is 8. The van der Waals surface area contributed by atoms with Gasteiger partial charge in [-0.1, -0.05) is 13.0 Å². The summed E-state index contributed by atoms with van der Waals surface area (Å²) in [5.74, 6) is -0.00446. The van der Waals surface area contributed by atoms with Crippen molar-refractivity contribution in [2.45, 2.75) is 74.4 Å². The van der Waals surface area contributed by atoms with E-state index in [1.807, 2.05) is 6.92 Å². The first kappa shape index (κ1) is 27.0. The number of phenols is 1. The number of methoxy groups -OCH3 is 1. The summed E-state index contributed by atoms with van der Waals surface area (Å²) in [4.78, 5) is 0. The minimum absolute atomic E-state index is 0.0167. The normalized spacial score (nSPS) is 39.6. The first-order valence-corrected chi connectivity index (χ1v) is 10.7. The van der Waals surface area contributed by atoms with E-state index in [1.165, 1.54) is 13.2 Å². The number of rotatable bonds is 8. The molecule has 0 radical (unpaired) electrons. The van der Waals surface area contributed by atoms with Gasteiger partial charge in [0.1, 0.15) is 42.7 Å². The van der Waals surface area contributed by atoms with E-state index in [9.17, 15) is 40.9 Å². The molecule has 34 heavy (non-hydrogen) atoms. The van der Waals surface area contributed by atoms with Crippen molar-refractivity contribution in [3.63, 3.8) is 0 Å². The summed E-state index contributed by atoms with van der Waals surface area (Å²) in [7, 11) is 1.42. The van der Waals surface area contributed by atoms with Gasteiger partial charge >= 0.3 is 0 Å². The molecule has 194 valence electrons. The van der Waals surface area contributed by atoms with Crippen molar-refractivity contribution in [1.29, 1.82) is 0 Å². The van der Waals surface area contributed by atoms with Crippen molar-refractivity contribution in [3.05, 3.63) is 23.8 Å². The Morgan fingerprint density at radius 1 is 0.912 bits per heavy atom. The molecule has 0 amide bonds. The van der Waals surface area contributed by atoms with E-state index in [0.29, 0.717) is 0 Å². The van der Waals surface area contributed by atoms with Crippen LogP contribution in [0.1, 0.15) is 18.4 Å². The molecule has 3 rings (SSSR count). The zero-order valence-electron chi connectivity index (χ0n) is 18.6. The summed E-state index contributed by atoms with van der Waals surface area (Å²) < 4.78 is 26.6. The van der Waals surface area contributed by atoms with Crippen LogP contribution in [0.2, 0.25) is 0 Å². The number of aliphatic hydroxyl groups is 7. The highest BCUT2D eigenvalue weighted by Crippen LogP contribution is 2.32. The Morgan fingerprint density at radius 3 is 2.26 bits per heavy atom. The number of aliphatic hydroxyl groups excluding tert-OH is 7. The van der Waals surface area contributed by atoms with Crippen LogP contribution in [0.4, 0.5) is 0 Å². The SMILES string of the molecule is COc1cc(C(C)CO[C@@H]2O[C@H](CO)[C@@H](O)[C@H](O[C@@H]3O[C@@H](O)[C@H](O)[C@@H](O)[C@H]3O)[C@H]2O)ccc1O. The molecule has 2 heterocycles. The van der Waals surface area contributed by atoms with Gasteiger partial charge in [0.2, 0.25) is 0 Å². The van der Waals surface area contributed by atoms with E-state index in [2.05, 4.69) is 0 Å². The van der Waals surface area contributed by atoms with Crippen LogP contribution in [0, 0.1) is 0 Å². The lowest BCUT2D eigenvalue weighted by atomic mass is 9.97. The molecule has 11 atom stereocenters. The predicted octanol–water partition coefficient (Wildman–Crippen LogP) is -2.90. The van der Waals surface area contributed by atoms with Gasteiger partial charge < -0.3 is 64.5 Å². The van der Waals surface area contributed by atoms with E-state index < -0.39 is 68.2 Å². The van der Waals surface area contributed by atoms with Crippen LogP contribution in [-0.4, -0.2) is 123 Å². The summed E-state index contributed by atoms with van der Waals surface area (Å²) in [5.41, 5.74) is 0.756. The van der Waals surface area contributed by atoms with Crippen LogP contribution >= 0.6 is 0 Å². The lowest BCUT2D eigenvalue weighted by Crippen LogP contribution is -2.64. The molecule has 0 saturated carbocycles. The van der Waals surface area contributed by atoms with E-state index in [1.54, 1.807) is 12.1 Å². The van der Waals surface area contributed by atoms with Gasteiger partial charge in [-0.3, -0.25) is 0 Å². The third-order valence-corrected chi connectivity index (χ3v) is 5.94. The predicted molar refractivity (Wildman–Crippen MR) is 111 cm³/mol. The van der Waals surface area contributed by atoms with Crippen molar-refractivity contribution in [3.8, 4) is 11.5 Å². The molecule has 13 heteroatoms. The number of benzene rings is 1. The maximum absolute atomic E-state index is 10.7. The molecule has 0 aliphatic carbocycles. The zero-order valence-corrected chi connectivity index (χ0v) is 18.6. The Kier molecular flexibility index (Phi) is 9.05. The highest BCUT2D eigenvalue weighted by atomic mass is 16.8. The Balaban J connectivity index is 1.69. The van der Waals surface area contributed by atoms with Crippen molar-refractivity contribution in [2.75, 3.05) is 20.3 Å². The smallest absolute Gasteiger partial charge is 0.189 e. The summed E-state index contributed by atoms with van der Waals surface area (Å²) in [6.45, 7) is 1.17. The topological polar surface area (TPSA) is 208 Å². The first-order valence-electron chi connectivity index (χ1n) is 10.7. The maximum Gasteiger partial charge on any atom is 0.189 e. The first-order chi connectivity index (χ1) is 16.1. The molecule has 13 nitrogen and oxygen atoms in total. The Hall–Kier alpha value is -1.62. The van der Waals surface area contributed by atoms with Gasteiger partial charge in [0.05, 0.1) is 20.3 Å². The molecular weight excluding hydrogens is 460 g/mol. The Bertz CT molecular complexity index is 794. The molecule has 2 aliphatic rings. The fourth-order valence-electron chi connectivity index (χ4n) is 3.79. The second-order valence-electron chi connectivity index (χ2n) is 8.34. The number of ether oxygens (including phenoxy) is 5. The summed E-state index contributed by atoms with van der Waals surface area (Å²) >= 11 is 0. The second kappa shape index (κ2) is 11.4. The molecule has 2 saturated heterocycles. The van der Waals surface area contributed by atoms with Crippen molar-refractivity contribution >= 4 is 0 Å². The third-order valence-electron chi connectivity index (χ3n) is 5.94. The minimum Gasteiger partial charge on any atom is -0.504 e. The fourth-order valence-corrected chi connectivity index (χ4v) is 3.79. The van der Waals surface area contributed by atoms with Gasteiger partial charge in [-0.05, 0) is 17.7 Å². The molecule has 1 aromatic carbocycles. The van der Waals surface area contributed by atoms with Gasteiger partial charge in [0.15, 0.2) is 30.4 Å². The average molecular weight is 492 g/mol. The molecule has 0 aromatic heterocycles. The minimum atomic E-state index is -1.89. The highest BCUT2D eigenvalue weighted by molar-refractivity contribution is 5.42. The summed E-state index contributed by atoms with van der Waals surface area (Å²) in [6.07, 6.45) is -16.4. The Labute approximate surface area is 195 Å². The largest absolute Gasteiger partial charge is 0.504 e. The monoisotopic (exact) mass is 492 g/mol. The standard InChI is InChI=1S/C21H32O13/c1-8(9-3-4-10(23)11(5-9)30-2)7-31-20-17(28)18(13(24)12(6-22)32-20)33-21-16(27)14(25)15(26)19(29)34-21/h3-5,8,12-29H,6-7H2,1-2H3/t8?,12-,13-,14-,15-,16-,17-,18+,19-,20-,21-/m1/s1. The molecule has 1 aromatic rings. The second-order valence-corrected chi connectivity index (χ2v) is 8.34. The summed E-state index contributed by atoms with van der Waals surface area (Å²) in [6, 6.07) is 4.76. The lowest BCUT2D eigenvalue weighted by Gasteiger charge is -2.45. The fraction of sp³-hybridized carbons (Fsp3) is 0.714. The van der Waals surface area contributed by atoms with Crippen molar-refractivity contribution < 1.29 is 64.5 Å². The number of phenolic OH excluding ortho intramolecular Hbond substituents is 1. The van der Waals surface area contributed by atoms with Gasteiger partial charge in [0, 0.05) is 5.92 Å². The molecule has 0 spiro atoms. The molecule has 2 fully saturated rings. The highest BCUT2D eigenvalue weighted by Gasteiger charge is 2.50. The molecular formula is C21H32O13. The quantitative estimate of drug-likeness (QED) is 0.183. The molecule has 2 aliphatic heterocycles. The number of hydrogen-bond acceptors (Lipinski definition) is 13. The molecule has 0 bridgehead atoms. The van der Waals surface area contributed by atoms with Gasteiger partial charge in [-0.25, -0.2) is 0 Å². The van der Waals surface area contributed by atoms with Crippen molar-refractivity contribution in [2.24, 2.45) is 0 Å². The van der Waals surface area contributed by atoms with E-state index in [0.717, 1.165) is 5.56 Å². The lowest BCUT2D eigenvalue weighted by molar-refractivity contribution is -0.378. The van der Waals surface area contributed by atoms with Gasteiger partial charge in [-0.15, -0.1) is 0 Å². The maximum atomic E-state index is 10.7. The Morgan fingerprint density at radius 2 is 1.62 bits per heavy atom.